The Kier molecular flexibility index (Phi) is 3.78. The molecule has 0 amide bonds. The van der Waals surface area contributed by atoms with Gasteiger partial charge in [-0.05, 0) is 72.0 Å². The van der Waals surface area contributed by atoms with Crippen molar-refractivity contribution in [3.05, 3.63) is 0 Å². The van der Waals surface area contributed by atoms with Crippen LogP contribution in [-0.2, 0) is 0 Å². The molecule has 4 bridgehead atoms. The standard InChI is InChI=1S/C19H32.C2H6/c1-5-13(2)15-10-14-11-17(3)8-6-7-9-19(17)16(14)12-18(15,19)4;1-2/h13-16H,5-12H2,1-4H3;1-2H3. The normalized spacial score (nSPS) is 54.9. The van der Waals surface area contributed by atoms with Crippen molar-refractivity contribution >= 4 is 0 Å². The molecule has 5 aliphatic carbocycles. The maximum Gasteiger partial charge on any atom is -0.0156 e. The van der Waals surface area contributed by atoms with Crippen molar-refractivity contribution in [2.24, 2.45) is 39.9 Å². The second-order valence-electron chi connectivity index (χ2n) is 9.16. The van der Waals surface area contributed by atoms with Gasteiger partial charge in [-0.25, -0.2) is 0 Å². The molecule has 0 saturated heterocycles. The van der Waals surface area contributed by atoms with Crippen LogP contribution in [0, 0.1) is 39.9 Å². The summed E-state index contributed by atoms with van der Waals surface area (Å²) in [4.78, 5) is 0. The van der Waals surface area contributed by atoms with Crippen molar-refractivity contribution in [3.8, 4) is 0 Å². The molecule has 0 aromatic heterocycles. The van der Waals surface area contributed by atoms with Gasteiger partial charge < -0.3 is 0 Å². The van der Waals surface area contributed by atoms with Crippen LogP contribution >= 0.6 is 0 Å². The van der Waals surface area contributed by atoms with Crippen LogP contribution < -0.4 is 0 Å². The van der Waals surface area contributed by atoms with Crippen LogP contribution in [0.5, 0.6) is 0 Å². The fraction of sp³-hybridized carbons (Fsp3) is 1.00. The smallest absolute Gasteiger partial charge is 0.0156 e. The molecule has 0 aromatic rings. The van der Waals surface area contributed by atoms with Crippen LogP contribution in [-0.4, -0.2) is 0 Å². The van der Waals surface area contributed by atoms with Gasteiger partial charge in [0.2, 0.25) is 0 Å². The predicted octanol–water partition coefficient (Wildman–Crippen LogP) is 6.69. The highest BCUT2D eigenvalue weighted by Crippen LogP contribution is 2.86. The van der Waals surface area contributed by atoms with E-state index in [1.165, 1.54) is 19.3 Å². The van der Waals surface area contributed by atoms with Crippen molar-refractivity contribution in [3.63, 3.8) is 0 Å². The highest BCUT2D eigenvalue weighted by atomic mass is 14.8. The van der Waals surface area contributed by atoms with Crippen LogP contribution in [0.2, 0.25) is 0 Å². The van der Waals surface area contributed by atoms with Gasteiger partial charge in [0.15, 0.2) is 0 Å². The molecule has 0 N–H and O–H groups in total. The molecule has 0 heteroatoms. The summed E-state index contributed by atoms with van der Waals surface area (Å²) >= 11 is 0. The number of hydrogen-bond acceptors (Lipinski definition) is 0. The average Bonchev–Trinajstić information content (AvgIpc) is 2.67. The molecule has 122 valence electrons. The second-order valence-corrected chi connectivity index (χ2v) is 9.16. The predicted molar refractivity (Wildman–Crippen MR) is 92.2 cm³/mol. The number of hydrogen-bond donors (Lipinski definition) is 0. The van der Waals surface area contributed by atoms with Crippen molar-refractivity contribution in [2.45, 2.75) is 92.9 Å². The third kappa shape index (κ3) is 1.63. The molecule has 0 radical (unpaired) electrons. The van der Waals surface area contributed by atoms with Gasteiger partial charge in [0.05, 0.1) is 0 Å². The van der Waals surface area contributed by atoms with E-state index in [2.05, 4.69) is 27.7 Å². The minimum absolute atomic E-state index is 0.704. The third-order valence-corrected chi connectivity index (χ3v) is 8.91. The number of rotatable bonds is 2. The Morgan fingerprint density at radius 1 is 1.05 bits per heavy atom. The molecule has 5 fully saturated rings. The zero-order chi connectivity index (χ0) is 15.5. The summed E-state index contributed by atoms with van der Waals surface area (Å²) in [5.41, 5.74) is 2.19. The molecule has 0 heterocycles. The summed E-state index contributed by atoms with van der Waals surface area (Å²) < 4.78 is 0. The molecule has 5 aliphatic rings. The minimum Gasteiger partial charge on any atom is -0.0683 e. The first-order chi connectivity index (χ1) is 9.98. The second kappa shape index (κ2) is 5.00. The molecule has 0 nitrogen and oxygen atoms in total. The topological polar surface area (TPSA) is 0 Å². The Morgan fingerprint density at radius 3 is 2.38 bits per heavy atom. The largest absolute Gasteiger partial charge is 0.0683 e. The molecular formula is C21H38. The molecule has 7 unspecified atom stereocenters. The van der Waals surface area contributed by atoms with Gasteiger partial charge in [-0.1, -0.05) is 60.8 Å². The third-order valence-electron chi connectivity index (χ3n) is 8.91. The van der Waals surface area contributed by atoms with E-state index in [1.807, 2.05) is 13.8 Å². The monoisotopic (exact) mass is 290 g/mol. The van der Waals surface area contributed by atoms with Crippen LogP contribution in [0.25, 0.3) is 0 Å². The highest BCUT2D eigenvalue weighted by molar-refractivity contribution is 5.27. The Hall–Kier alpha value is 0. The minimum atomic E-state index is 0.704. The zero-order valence-corrected chi connectivity index (χ0v) is 15.5. The lowest BCUT2D eigenvalue weighted by molar-refractivity contribution is -0.262. The fourth-order valence-electron chi connectivity index (χ4n) is 8.19. The van der Waals surface area contributed by atoms with E-state index in [4.69, 9.17) is 0 Å². The average molecular weight is 291 g/mol. The van der Waals surface area contributed by atoms with Crippen molar-refractivity contribution in [1.82, 2.24) is 0 Å². The number of fused-ring (bicyclic) bond motifs is 1. The summed E-state index contributed by atoms with van der Waals surface area (Å²) in [7, 11) is 0. The summed E-state index contributed by atoms with van der Waals surface area (Å²) in [5, 5.41) is 0. The van der Waals surface area contributed by atoms with E-state index in [0.717, 1.165) is 34.5 Å². The first-order valence-electron chi connectivity index (χ1n) is 9.98. The highest BCUT2D eigenvalue weighted by Gasteiger charge is 2.79. The van der Waals surface area contributed by atoms with Gasteiger partial charge in [-0.15, -0.1) is 0 Å². The van der Waals surface area contributed by atoms with Crippen LogP contribution in [0.4, 0.5) is 0 Å². The Labute approximate surface area is 133 Å². The van der Waals surface area contributed by atoms with E-state index >= 15 is 0 Å². The Balaban J connectivity index is 0.000000636. The lowest BCUT2D eigenvalue weighted by Gasteiger charge is -2.74. The van der Waals surface area contributed by atoms with Gasteiger partial charge >= 0.3 is 0 Å². The van der Waals surface area contributed by atoms with Gasteiger partial charge in [-0.2, -0.15) is 0 Å². The first-order valence-corrected chi connectivity index (χ1v) is 9.98. The molecule has 5 rings (SSSR count). The quantitative estimate of drug-likeness (QED) is 0.531. The molecule has 5 saturated carbocycles. The SMILES string of the molecule is CC.CCC(C)C1CC2CC3(C)CCCCC34C2CC14C. The van der Waals surface area contributed by atoms with Crippen molar-refractivity contribution in [1.29, 1.82) is 0 Å². The maximum absolute atomic E-state index is 2.71. The van der Waals surface area contributed by atoms with E-state index in [9.17, 15) is 0 Å². The molecule has 0 aliphatic heterocycles. The lowest BCUT2D eigenvalue weighted by Crippen LogP contribution is -2.68. The van der Waals surface area contributed by atoms with Gasteiger partial charge in [0, 0.05) is 0 Å². The van der Waals surface area contributed by atoms with Crippen molar-refractivity contribution < 1.29 is 0 Å². The lowest BCUT2D eigenvalue weighted by atomic mass is 9.30. The summed E-state index contributed by atoms with van der Waals surface area (Å²) in [5.74, 6) is 4.22. The van der Waals surface area contributed by atoms with Crippen LogP contribution in [0.15, 0.2) is 0 Å². The van der Waals surface area contributed by atoms with Crippen LogP contribution in [0.1, 0.15) is 92.9 Å². The first kappa shape index (κ1) is 15.9. The van der Waals surface area contributed by atoms with E-state index in [-0.39, 0.29) is 0 Å². The van der Waals surface area contributed by atoms with E-state index in [1.54, 1.807) is 32.1 Å². The zero-order valence-electron chi connectivity index (χ0n) is 15.5. The molecule has 7 atom stereocenters. The maximum atomic E-state index is 2.71. The van der Waals surface area contributed by atoms with Gasteiger partial charge in [0.25, 0.3) is 0 Å². The van der Waals surface area contributed by atoms with Crippen molar-refractivity contribution in [2.75, 3.05) is 0 Å². The molecule has 21 heavy (non-hydrogen) atoms. The fourth-order valence-corrected chi connectivity index (χ4v) is 8.19. The van der Waals surface area contributed by atoms with Crippen LogP contribution in [0.3, 0.4) is 0 Å². The molecule has 0 aromatic carbocycles. The van der Waals surface area contributed by atoms with Gasteiger partial charge in [-0.3, -0.25) is 0 Å². The summed E-state index contributed by atoms with van der Waals surface area (Å²) in [6.07, 6.45) is 12.3. The van der Waals surface area contributed by atoms with E-state index in [0.29, 0.717) is 5.41 Å². The summed E-state index contributed by atoms with van der Waals surface area (Å²) in [6, 6.07) is 0. The Bertz CT molecular complexity index is 399. The molecular weight excluding hydrogens is 252 g/mol. The Morgan fingerprint density at radius 2 is 1.71 bits per heavy atom. The molecule has 1 spiro atoms. The van der Waals surface area contributed by atoms with E-state index < -0.39 is 0 Å². The van der Waals surface area contributed by atoms with Gasteiger partial charge in [0.1, 0.15) is 0 Å². The summed E-state index contributed by atoms with van der Waals surface area (Å²) in [6.45, 7) is 14.4.